The number of nitrogens with one attached hydrogen (secondary N) is 2. The Hall–Kier alpha value is -2.48. The van der Waals surface area contributed by atoms with E-state index in [-0.39, 0.29) is 11.7 Å². The summed E-state index contributed by atoms with van der Waals surface area (Å²) in [5.74, 6) is -4.46. The molecule has 2 amide bonds. The molecule has 2 rings (SSSR count). The first-order chi connectivity index (χ1) is 12.9. The Morgan fingerprint density at radius 3 is 2.52 bits per heavy atom. The van der Waals surface area contributed by atoms with Gasteiger partial charge in [0.2, 0.25) is 11.8 Å². The summed E-state index contributed by atoms with van der Waals surface area (Å²) in [6.45, 7) is 1.93. The first-order valence-corrected chi connectivity index (χ1v) is 9.40. The lowest BCUT2D eigenvalue weighted by Gasteiger charge is -2.08. The second-order valence-corrected chi connectivity index (χ2v) is 6.95. The maximum absolute atomic E-state index is 13.5. The molecule has 2 aromatic rings. The zero-order valence-electron chi connectivity index (χ0n) is 14.7. The average molecular weight is 396 g/mol. The highest BCUT2D eigenvalue weighted by molar-refractivity contribution is 7.99. The maximum Gasteiger partial charge on any atom is 0.234 e. The number of aryl methyl sites for hydroxylation is 1. The standard InChI is InChI=1S/C19H19F3N2O2S/c1-12-4-2-5-13(10-12)23-16(25)6-3-9-27-11-17(26)24-15-8-7-14(20)18(21)19(15)22/h2,4-5,7-8,10H,3,6,9,11H2,1H3,(H,23,25)(H,24,26). The minimum absolute atomic E-state index is 0.0118. The van der Waals surface area contributed by atoms with Crippen molar-refractivity contribution in [3.05, 3.63) is 59.4 Å². The first-order valence-electron chi connectivity index (χ1n) is 8.24. The van der Waals surface area contributed by atoms with Gasteiger partial charge in [-0.25, -0.2) is 13.2 Å². The number of hydrogen-bond donors (Lipinski definition) is 2. The van der Waals surface area contributed by atoms with Crippen LogP contribution in [-0.2, 0) is 9.59 Å². The van der Waals surface area contributed by atoms with Gasteiger partial charge in [0, 0.05) is 12.1 Å². The number of anilines is 2. The lowest BCUT2D eigenvalue weighted by atomic mass is 10.2. The van der Waals surface area contributed by atoms with E-state index >= 15 is 0 Å². The smallest absolute Gasteiger partial charge is 0.234 e. The highest BCUT2D eigenvalue weighted by atomic mass is 32.2. The van der Waals surface area contributed by atoms with Crippen LogP contribution in [0.3, 0.4) is 0 Å². The molecule has 0 unspecified atom stereocenters. The van der Waals surface area contributed by atoms with Gasteiger partial charge in [0.05, 0.1) is 11.4 Å². The summed E-state index contributed by atoms with van der Waals surface area (Å²) < 4.78 is 39.4. The van der Waals surface area contributed by atoms with E-state index in [0.29, 0.717) is 18.6 Å². The molecule has 2 N–H and O–H groups in total. The topological polar surface area (TPSA) is 58.2 Å². The molecule has 0 aliphatic heterocycles. The summed E-state index contributed by atoms with van der Waals surface area (Å²) in [6.07, 6.45) is 0.871. The summed E-state index contributed by atoms with van der Waals surface area (Å²) >= 11 is 1.26. The molecule has 0 aliphatic rings. The summed E-state index contributed by atoms with van der Waals surface area (Å²) in [6, 6.07) is 9.18. The van der Waals surface area contributed by atoms with Gasteiger partial charge < -0.3 is 10.6 Å². The van der Waals surface area contributed by atoms with E-state index in [9.17, 15) is 22.8 Å². The summed E-state index contributed by atoms with van der Waals surface area (Å²) in [5.41, 5.74) is 1.38. The van der Waals surface area contributed by atoms with Crippen LogP contribution in [0.4, 0.5) is 24.5 Å². The molecular weight excluding hydrogens is 377 g/mol. The van der Waals surface area contributed by atoms with Crippen LogP contribution in [0.15, 0.2) is 36.4 Å². The first kappa shape index (κ1) is 20.8. The Morgan fingerprint density at radius 2 is 1.78 bits per heavy atom. The second-order valence-electron chi connectivity index (χ2n) is 5.84. The van der Waals surface area contributed by atoms with Crippen LogP contribution in [0, 0.1) is 24.4 Å². The number of benzene rings is 2. The van der Waals surface area contributed by atoms with Gasteiger partial charge in [-0.15, -0.1) is 0 Å². The highest BCUT2D eigenvalue weighted by Crippen LogP contribution is 2.20. The van der Waals surface area contributed by atoms with Gasteiger partial charge in [-0.05, 0) is 48.9 Å². The third-order valence-electron chi connectivity index (χ3n) is 3.54. The van der Waals surface area contributed by atoms with Gasteiger partial charge in [-0.3, -0.25) is 9.59 Å². The SMILES string of the molecule is Cc1cccc(NC(=O)CCCSCC(=O)Nc2ccc(F)c(F)c2F)c1. The van der Waals surface area contributed by atoms with E-state index in [4.69, 9.17) is 0 Å². The molecule has 0 spiro atoms. The summed E-state index contributed by atoms with van der Waals surface area (Å²) in [4.78, 5) is 23.6. The molecule has 8 heteroatoms. The van der Waals surface area contributed by atoms with Crippen LogP contribution in [0.2, 0.25) is 0 Å². The summed E-state index contributed by atoms with van der Waals surface area (Å²) in [5, 5.41) is 4.99. The van der Waals surface area contributed by atoms with Crippen molar-refractivity contribution in [3.63, 3.8) is 0 Å². The average Bonchev–Trinajstić information content (AvgIpc) is 2.62. The fraction of sp³-hybridized carbons (Fsp3) is 0.263. The van der Waals surface area contributed by atoms with Crippen LogP contribution in [0.1, 0.15) is 18.4 Å². The normalized spacial score (nSPS) is 10.5. The number of rotatable bonds is 8. The van der Waals surface area contributed by atoms with Crippen molar-refractivity contribution >= 4 is 35.0 Å². The molecule has 0 heterocycles. The van der Waals surface area contributed by atoms with Crippen LogP contribution >= 0.6 is 11.8 Å². The lowest BCUT2D eigenvalue weighted by molar-refractivity contribution is -0.116. The number of amides is 2. The zero-order valence-corrected chi connectivity index (χ0v) is 15.5. The fourth-order valence-corrected chi connectivity index (χ4v) is 3.01. The molecular formula is C19H19F3N2O2S. The molecule has 4 nitrogen and oxygen atoms in total. The van der Waals surface area contributed by atoms with Crippen molar-refractivity contribution < 1.29 is 22.8 Å². The van der Waals surface area contributed by atoms with Crippen LogP contribution < -0.4 is 10.6 Å². The van der Waals surface area contributed by atoms with Crippen molar-refractivity contribution in [1.82, 2.24) is 0 Å². The van der Waals surface area contributed by atoms with Gasteiger partial charge in [0.1, 0.15) is 0 Å². The van der Waals surface area contributed by atoms with Gasteiger partial charge in [0.15, 0.2) is 17.5 Å². The predicted molar refractivity (Wildman–Crippen MR) is 101 cm³/mol. The van der Waals surface area contributed by atoms with Crippen molar-refractivity contribution in [2.24, 2.45) is 0 Å². The monoisotopic (exact) mass is 396 g/mol. The number of hydrogen-bond acceptors (Lipinski definition) is 3. The number of carbonyl (C=O) groups excluding carboxylic acids is 2. The minimum Gasteiger partial charge on any atom is -0.326 e. The molecule has 0 saturated carbocycles. The molecule has 0 radical (unpaired) electrons. The Morgan fingerprint density at radius 1 is 1.00 bits per heavy atom. The molecule has 0 aromatic heterocycles. The van der Waals surface area contributed by atoms with E-state index in [1.807, 2.05) is 25.1 Å². The Balaban J connectivity index is 1.66. The van der Waals surface area contributed by atoms with Crippen molar-refractivity contribution in [2.45, 2.75) is 19.8 Å². The summed E-state index contributed by atoms with van der Waals surface area (Å²) in [7, 11) is 0. The zero-order chi connectivity index (χ0) is 19.8. The van der Waals surface area contributed by atoms with Gasteiger partial charge in [-0.1, -0.05) is 12.1 Å². The molecule has 0 fully saturated rings. The number of carbonyl (C=O) groups is 2. The lowest BCUT2D eigenvalue weighted by Crippen LogP contribution is -2.16. The fourth-order valence-electron chi connectivity index (χ4n) is 2.25. The second kappa shape index (κ2) is 10.0. The molecule has 0 bridgehead atoms. The van der Waals surface area contributed by atoms with Gasteiger partial charge >= 0.3 is 0 Å². The molecule has 0 atom stereocenters. The Kier molecular flexibility index (Phi) is 7.72. The minimum atomic E-state index is -1.62. The molecule has 2 aromatic carbocycles. The van der Waals surface area contributed by atoms with E-state index in [1.165, 1.54) is 11.8 Å². The number of halogens is 3. The highest BCUT2D eigenvalue weighted by Gasteiger charge is 2.15. The third-order valence-corrected chi connectivity index (χ3v) is 4.58. The van der Waals surface area contributed by atoms with Crippen LogP contribution in [0.5, 0.6) is 0 Å². The van der Waals surface area contributed by atoms with Crippen molar-refractivity contribution in [3.8, 4) is 0 Å². The third kappa shape index (κ3) is 6.63. The van der Waals surface area contributed by atoms with E-state index in [2.05, 4.69) is 10.6 Å². The molecule has 144 valence electrons. The molecule has 0 aliphatic carbocycles. The molecule has 0 saturated heterocycles. The molecule has 27 heavy (non-hydrogen) atoms. The van der Waals surface area contributed by atoms with Gasteiger partial charge in [0.25, 0.3) is 0 Å². The largest absolute Gasteiger partial charge is 0.326 e. The van der Waals surface area contributed by atoms with Crippen LogP contribution in [-0.4, -0.2) is 23.3 Å². The Bertz CT molecular complexity index is 831. The quantitative estimate of drug-likeness (QED) is 0.510. The van der Waals surface area contributed by atoms with Gasteiger partial charge in [-0.2, -0.15) is 11.8 Å². The van der Waals surface area contributed by atoms with Crippen molar-refractivity contribution in [2.75, 3.05) is 22.1 Å². The predicted octanol–water partition coefficient (Wildman–Crippen LogP) is 4.50. The number of thioether (sulfide) groups is 1. The van der Waals surface area contributed by atoms with Crippen LogP contribution in [0.25, 0.3) is 0 Å². The Labute approximate surface area is 159 Å². The van der Waals surface area contributed by atoms with Crippen molar-refractivity contribution in [1.29, 1.82) is 0 Å². The van der Waals surface area contributed by atoms with E-state index < -0.39 is 29.0 Å². The maximum atomic E-state index is 13.5. The van der Waals surface area contributed by atoms with E-state index in [0.717, 1.165) is 23.4 Å². The van der Waals surface area contributed by atoms with E-state index in [1.54, 1.807) is 6.07 Å².